The van der Waals surface area contributed by atoms with E-state index in [0.717, 1.165) is 22.6 Å². The molecule has 1 aliphatic rings. The average Bonchev–Trinajstić information content (AvgIpc) is 3.19. The Morgan fingerprint density at radius 1 is 1.21 bits per heavy atom. The van der Waals surface area contributed by atoms with Crippen molar-refractivity contribution in [2.45, 2.75) is 13.0 Å². The van der Waals surface area contributed by atoms with Crippen LogP contribution in [0, 0.1) is 6.92 Å². The number of rotatable bonds is 4. The van der Waals surface area contributed by atoms with Crippen LogP contribution in [0.1, 0.15) is 37.5 Å². The highest BCUT2D eigenvalue weighted by Crippen LogP contribution is 2.26. The first-order chi connectivity index (χ1) is 14.0. The van der Waals surface area contributed by atoms with Gasteiger partial charge in [-0.15, -0.1) is 11.3 Å². The number of carbonyl (C=O) groups excluding carboxylic acids is 2. The molecule has 1 fully saturated rings. The third-order valence-corrected chi connectivity index (χ3v) is 5.78. The summed E-state index contributed by atoms with van der Waals surface area (Å²) in [6, 6.07) is 12.7. The lowest BCUT2D eigenvalue weighted by Gasteiger charge is -2.32. The average molecular weight is 408 g/mol. The van der Waals surface area contributed by atoms with Crippen molar-refractivity contribution >= 4 is 23.2 Å². The highest BCUT2D eigenvalue weighted by atomic mass is 32.1. The molecule has 148 valence electrons. The molecular weight excluding hydrogens is 388 g/mol. The predicted molar refractivity (Wildman–Crippen MR) is 110 cm³/mol. The highest BCUT2D eigenvalue weighted by Gasteiger charge is 2.28. The normalized spacial score (nSPS) is 16.6. The lowest BCUT2D eigenvalue weighted by molar-refractivity contribution is -0.0245. The first-order valence-corrected chi connectivity index (χ1v) is 10.1. The van der Waals surface area contributed by atoms with Crippen LogP contribution in [0.3, 0.4) is 0 Å². The van der Waals surface area contributed by atoms with E-state index in [9.17, 15) is 9.59 Å². The second-order valence-electron chi connectivity index (χ2n) is 6.77. The maximum Gasteiger partial charge on any atom is 0.266 e. The van der Waals surface area contributed by atoms with Crippen molar-refractivity contribution in [2.75, 3.05) is 19.7 Å². The summed E-state index contributed by atoms with van der Waals surface area (Å²) in [5.74, 6) is -0.480. The number of pyridine rings is 1. The fourth-order valence-electron chi connectivity index (χ4n) is 3.26. The molecule has 7 nitrogen and oxygen atoms in total. The molecule has 1 aromatic carbocycles. The van der Waals surface area contributed by atoms with E-state index in [1.165, 1.54) is 11.3 Å². The minimum absolute atomic E-state index is 0.0171. The maximum atomic E-state index is 12.8. The van der Waals surface area contributed by atoms with Gasteiger partial charge in [-0.05, 0) is 31.2 Å². The molecule has 1 unspecified atom stereocenters. The summed E-state index contributed by atoms with van der Waals surface area (Å²) in [5, 5.41) is 0. The lowest BCUT2D eigenvalue weighted by Crippen LogP contribution is -2.42. The monoisotopic (exact) mass is 408 g/mol. The molecule has 0 saturated carbocycles. The van der Waals surface area contributed by atoms with Gasteiger partial charge in [0.1, 0.15) is 11.0 Å². The van der Waals surface area contributed by atoms with Gasteiger partial charge >= 0.3 is 0 Å². The lowest BCUT2D eigenvalue weighted by atomic mass is 10.1. The maximum absolute atomic E-state index is 12.8. The second-order valence-corrected chi connectivity index (χ2v) is 7.62. The number of carbonyl (C=O) groups is 2. The minimum Gasteiger partial charge on any atom is -0.368 e. The largest absolute Gasteiger partial charge is 0.368 e. The van der Waals surface area contributed by atoms with Gasteiger partial charge in [0.2, 0.25) is 5.91 Å². The number of nitrogens with two attached hydrogens (primary N) is 1. The topological polar surface area (TPSA) is 98.4 Å². The van der Waals surface area contributed by atoms with E-state index in [2.05, 4.69) is 4.98 Å². The van der Waals surface area contributed by atoms with Gasteiger partial charge in [0.15, 0.2) is 0 Å². The number of hydrogen-bond donors (Lipinski definition) is 1. The smallest absolute Gasteiger partial charge is 0.266 e. The number of aryl methyl sites for hydroxylation is 1. The van der Waals surface area contributed by atoms with Gasteiger partial charge in [0.05, 0.1) is 35.7 Å². The van der Waals surface area contributed by atoms with Gasteiger partial charge in [0, 0.05) is 17.7 Å². The molecule has 4 rings (SSSR count). The van der Waals surface area contributed by atoms with Gasteiger partial charge in [-0.1, -0.05) is 18.2 Å². The standard InChI is InChI=1S/C21H20N4O3S/c1-13-19(29-12-23-13)21(27)25-9-10-28-18(11-25)17-4-2-3-16(24-17)14-5-7-15(8-6-14)20(22)26/h2-8,12,18H,9-11H2,1H3,(H2,22,26). The molecule has 2 N–H and O–H groups in total. The number of aromatic nitrogens is 2. The molecule has 8 heteroatoms. The number of benzene rings is 1. The predicted octanol–water partition coefficient (Wildman–Crippen LogP) is 2.83. The van der Waals surface area contributed by atoms with Crippen LogP contribution in [0.5, 0.6) is 0 Å². The van der Waals surface area contributed by atoms with Crippen molar-refractivity contribution in [3.05, 3.63) is 69.8 Å². The molecule has 0 radical (unpaired) electrons. The van der Waals surface area contributed by atoms with Crippen molar-refractivity contribution in [2.24, 2.45) is 5.73 Å². The van der Waals surface area contributed by atoms with E-state index in [1.54, 1.807) is 22.5 Å². The summed E-state index contributed by atoms with van der Waals surface area (Å²) in [7, 11) is 0. The summed E-state index contributed by atoms with van der Waals surface area (Å²) in [6.07, 6.45) is -0.300. The molecule has 1 aliphatic heterocycles. The molecule has 29 heavy (non-hydrogen) atoms. The Balaban J connectivity index is 1.54. The first kappa shape index (κ1) is 19.2. The van der Waals surface area contributed by atoms with Gasteiger partial charge in [-0.3, -0.25) is 9.59 Å². The first-order valence-electron chi connectivity index (χ1n) is 9.21. The minimum atomic E-state index is -0.463. The number of primary amides is 1. The van der Waals surface area contributed by atoms with Crippen LogP contribution in [0.2, 0.25) is 0 Å². The Hall–Kier alpha value is -3.10. The van der Waals surface area contributed by atoms with Crippen LogP contribution in [-0.4, -0.2) is 46.4 Å². The molecule has 2 aromatic heterocycles. The van der Waals surface area contributed by atoms with Crippen molar-refractivity contribution < 1.29 is 14.3 Å². The summed E-state index contributed by atoms with van der Waals surface area (Å²) in [6.45, 7) is 3.28. The van der Waals surface area contributed by atoms with E-state index >= 15 is 0 Å². The summed E-state index contributed by atoms with van der Waals surface area (Å²) < 4.78 is 5.90. The Labute approximate surface area is 172 Å². The molecule has 1 saturated heterocycles. The molecule has 0 bridgehead atoms. The van der Waals surface area contributed by atoms with Crippen LogP contribution >= 0.6 is 11.3 Å². The number of morpholine rings is 1. The Bertz CT molecular complexity index is 1050. The quantitative estimate of drug-likeness (QED) is 0.716. The van der Waals surface area contributed by atoms with Crippen molar-refractivity contribution in [1.29, 1.82) is 0 Å². The zero-order valence-corrected chi connectivity index (χ0v) is 16.7. The highest BCUT2D eigenvalue weighted by molar-refractivity contribution is 7.11. The number of hydrogen-bond acceptors (Lipinski definition) is 6. The number of nitrogens with zero attached hydrogens (tertiary/aromatic N) is 3. The number of amides is 2. The zero-order valence-electron chi connectivity index (χ0n) is 15.9. The van der Waals surface area contributed by atoms with Gasteiger partial charge in [-0.2, -0.15) is 0 Å². The van der Waals surface area contributed by atoms with E-state index in [1.807, 2.05) is 37.3 Å². The van der Waals surface area contributed by atoms with Crippen LogP contribution in [0.15, 0.2) is 48.0 Å². The summed E-state index contributed by atoms with van der Waals surface area (Å²) in [4.78, 5) is 35.4. The van der Waals surface area contributed by atoms with E-state index < -0.39 is 5.91 Å². The van der Waals surface area contributed by atoms with Gasteiger partial charge in [0.25, 0.3) is 5.91 Å². The third-order valence-electron chi connectivity index (χ3n) is 4.86. The summed E-state index contributed by atoms with van der Waals surface area (Å²) >= 11 is 1.36. The van der Waals surface area contributed by atoms with Crippen molar-refractivity contribution in [3.63, 3.8) is 0 Å². The Morgan fingerprint density at radius 3 is 2.69 bits per heavy atom. The van der Waals surface area contributed by atoms with Crippen molar-refractivity contribution in [3.8, 4) is 11.3 Å². The number of ether oxygens (including phenoxy) is 1. The molecule has 3 heterocycles. The molecule has 1 atom stereocenters. The van der Waals surface area contributed by atoms with Crippen molar-refractivity contribution in [1.82, 2.24) is 14.9 Å². The Kier molecular flexibility index (Phi) is 5.37. The van der Waals surface area contributed by atoms with Gasteiger partial charge in [-0.25, -0.2) is 9.97 Å². The second kappa shape index (κ2) is 8.10. The number of thiazole rings is 1. The van der Waals surface area contributed by atoms with Crippen LogP contribution in [-0.2, 0) is 4.74 Å². The molecule has 0 spiro atoms. The van der Waals surface area contributed by atoms with Crippen LogP contribution < -0.4 is 5.73 Å². The fourth-order valence-corrected chi connectivity index (χ4v) is 4.03. The van der Waals surface area contributed by atoms with E-state index in [0.29, 0.717) is 30.1 Å². The Morgan fingerprint density at radius 2 is 2.00 bits per heavy atom. The van der Waals surface area contributed by atoms with E-state index in [4.69, 9.17) is 15.5 Å². The molecule has 2 amide bonds. The van der Waals surface area contributed by atoms with Crippen LogP contribution in [0.4, 0.5) is 0 Å². The summed E-state index contributed by atoms with van der Waals surface area (Å²) in [5.41, 5.74) is 10.6. The third kappa shape index (κ3) is 4.03. The van der Waals surface area contributed by atoms with Crippen LogP contribution in [0.25, 0.3) is 11.3 Å². The van der Waals surface area contributed by atoms with E-state index in [-0.39, 0.29) is 12.0 Å². The SMILES string of the molecule is Cc1ncsc1C(=O)N1CCOC(c2cccc(-c3ccc(C(N)=O)cc3)n2)C1. The van der Waals surface area contributed by atoms with Gasteiger partial charge < -0.3 is 15.4 Å². The molecular formula is C21H20N4O3S. The molecule has 3 aromatic rings. The molecule has 0 aliphatic carbocycles. The fraction of sp³-hybridized carbons (Fsp3) is 0.238. The zero-order chi connectivity index (χ0) is 20.4.